The number of pyridine rings is 1. The number of hydrogen-bond donors (Lipinski definition) is 5. The summed E-state index contributed by atoms with van der Waals surface area (Å²) in [6.45, 7) is 0. The number of fused-ring (bicyclic) bond motifs is 1. The van der Waals surface area contributed by atoms with E-state index in [1.807, 2.05) is 0 Å². The minimum absolute atomic E-state index is 0. The van der Waals surface area contributed by atoms with Crippen molar-refractivity contribution in [3.8, 4) is 11.6 Å². The monoisotopic (exact) mass is 578 g/mol. The first-order valence-electron chi connectivity index (χ1n) is 10.2. The number of nitrogens with one attached hydrogen (secondary N) is 5. The van der Waals surface area contributed by atoms with Gasteiger partial charge in [-0.25, -0.2) is 14.0 Å². The normalized spacial score (nSPS) is 13.3. The number of aromatic nitrogens is 1. The predicted octanol–water partition coefficient (Wildman–Crippen LogP) is 6.00. The lowest BCUT2D eigenvalue weighted by Crippen LogP contribution is -2.42. The number of alkyl halides is 3. The Kier molecular flexibility index (Phi) is 9.79. The third kappa shape index (κ3) is 7.43. The van der Waals surface area contributed by atoms with Crippen molar-refractivity contribution in [2.75, 3.05) is 28.4 Å². The Balaban J connectivity index is 0.00000253. The van der Waals surface area contributed by atoms with E-state index >= 15 is 0 Å². The number of rotatable bonds is 5. The van der Waals surface area contributed by atoms with Gasteiger partial charge in [0.05, 0.1) is 24.0 Å². The van der Waals surface area contributed by atoms with Gasteiger partial charge in [0.2, 0.25) is 5.88 Å². The number of carbonyl (C=O) groups excluding carboxylic acids is 2. The van der Waals surface area contributed by atoms with Crippen LogP contribution in [0.4, 0.5) is 50.0 Å². The first kappa shape index (κ1) is 30.1. The van der Waals surface area contributed by atoms with E-state index < -0.39 is 41.7 Å². The summed E-state index contributed by atoms with van der Waals surface area (Å²) in [7, 11) is 1.24. The molecule has 2 heterocycles. The summed E-state index contributed by atoms with van der Waals surface area (Å²) in [5.74, 6) is 0.0271. The van der Waals surface area contributed by atoms with E-state index in [-0.39, 0.29) is 36.4 Å². The number of alkyl carbamates (subject to hydrolysis) is 1. The maximum absolute atomic E-state index is 13.8. The average molecular weight is 579 g/mol. The molecule has 4 rings (SSSR count). The van der Waals surface area contributed by atoms with Gasteiger partial charge >= 0.3 is 18.3 Å². The molecule has 10 nitrogen and oxygen atoms in total. The largest absolute Gasteiger partial charge is 0.453 e. The molecular weight excluding hydrogens is 559 g/mol. The third-order valence-corrected chi connectivity index (χ3v) is 4.77. The summed E-state index contributed by atoms with van der Waals surface area (Å²) in [6.07, 6.45) is -5.93. The molecule has 0 fully saturated rings. The van der Waals surface area contributed by atoms with E-state index in [1.165, 1.54) is 31.4 Å². The lowest BCUT2D eigenvalue weighted by molar-refractivity contribution is -0.137. The number of halogens is 6. The van der Waals surface area contributed by atoms with Gasteiger partial charge < -0.3 is 30.7 Å². The highest BCUT2D eigenvalue weighted by Crippen LogP contribution is 2.32. The molecule has 1 unspecified atom stereocenters. The van der Waals surface area contributed by atoms with Crippen molar-refractivity contribution < 1.29 is 36.6 Å². The molecule has 1 aliphatic rings. The molecule has 38 heavy (non-hydrogen) atoms. The highest BCUT2D eigenvalue weighted by Gasteiger charge is 2.31. The van der Waals surface area contributed by atoms with Crippen LogP contribution in [0.5, 0.6) is 11.6 Å². The second-order valence-corrected chi connectivity index (χ2v) is 7.30. The zero-order valence-electron chi connectivity index (χ0n) is 19.2. The van der Waals surface area contributed by atoms with Gasteiger partial charge in [-0.1, -0.05) is 0 Å². The Hall–Kier alpha value is -4.17. The summed E-state index contributed by atoms with van der Waals surface area (Å²) in [6, 6.07) is 10.0. The Morgan fingerprint density at radius 3 is 2.34 bits per heavy atom. The SMILES string of the molecule is COC(=O)NC1Nc2ccc(Oc3ccc(NC(=O)Nc4cc(C(F)(F)F)ccc4F)cc3)nc2N1.Cl.Cl. The van der Waals surface area contributed by atoms with Crippen molar-refractivity contribution in [2.45, 2.75) is 12.5 Å². The minimum Gasteiger partial charge on any atom is -0.453 e. The van der Waals surface area contributed by atoms with E-state index in [2.05, 4.69) is 36.3 Å². The molecule has 2 aromatic carbocycles. The van der Waals surface area contributed by atoms with Crippen molar-refractivity contribution in [3.05, 3.63) is 66.0 Å². The third-order valence-electron chi connectivity index (χ3n) is 4.77. The van der Waals surface area contributed by atoms with Gasteiger partial charge in [0.15, 0.2) is 12.1 Å². The molecule has 1 atom stereocenters. The van der Waals surface area contributed by atoms with Gasteiger partial charge in [-0.15, -0.1) is 24.8 Å². The molecule has 0 saturated carbocycles. The molecule has 0 saturated heterocycles. The topological polar surface area (TPSA) is 126 Å². The van der Waals surface area contributed by atoms with Crippen LogP contribution in [0.25, 0.3) is 0 Å². The van der Waals surface area contributed by atoms with Crippen LogP contribution in [-0.2, 0) is 10.9 Å². The second-order valence-electron chi connectivity index (χ2n) is 7.30. The molecule has 1 aromatic heterocycles. The molecule has 3 amide bonds. The van der Waals surface area contributed by atoms with Gasteiger partial charge in [-0.3, -0.25) is 5.32 Å². The van der Waals surface area contributed by atoms with Crippen LogP contribution in [0.2, 0.25) is 0 Å². The first-order chi connectivity index (χ1) is 17.1. The molecule has 0 spiro atoms. The molecule has 5 N–H and O–H groups in total. The number of hydrogen-bond acceptors (Lipinski definition) is 7. The summed E-state index contributed by atoms with van der Waals surface area (Å²) in [4.78, 5) is 27.8. The molecule has 1 aliphatic heterocycles. The summed E-state index contributed by atoms with van der Waals surface area (Å²) < 4.78 is 62.5. The number of anilines is 4. The fraction of sp³-hybridized carbons (Fsp3) is 0.136. The van der Waals surface area contributed by atoms with Gasteiger partial charge in [0, 0.05) is 11.8 Å². The smallest absolute Gasteiger partial charge is 0.416 e. The molecule has 0 bridgehead atoms. The summed E-state index contributed by atoms with van der Waals surface area (Å²) in [5, 5.41) is 12.9. The van der Waals surface area contributed by atoms with Crippen molar-refractivity contribution in [3.63, 3.8) is 0 Å². The molecule has 16 heteroatoms. The molecule has 3 aromatic rings. The molecular formula is C22H20Cl2F4N6O4. The predicted molar refractivity (Wildman–Crippen MR) is 136 cm³/mol. The number of urea groups is 1. The van der Waals surface area contributed by atoms with Crippen LogP contribution < -0.4 is 31.3 Å². The number of ether oxygens (including phenoxy) is 2. The molecule has 204 valence electrons. The van der Waals surface area contributed by atoms with Crippen LogP contribution in [-0.4, -0.2) is 30.5 Å². The zero-order chi connectivity index (χ0) is 25.9. The number of nitrogens with zero attached hydrogens (tertiary/aromatic N) is 1. The zero-order valence-corrected chi connectivity index (χ0v) is 20.8. The van der Waals surface area contributed by atoms with Crippen LogP contribution in [0.1, 0.15) is 5.56 Å². The first-order valence-corrected chi connectivity index (χ1v) is 10.2. The fourth-order valence-corrected chi connectivity index (χ4v) is 3.11. The van der Waals surface area contributed by atoms with Gasteiger partial charge in [0.1, 0.15) is 11.6 Å². The maximum Gasteiger partial charge on any atom is 0.416 e. The lowest BCUT2D eigenvalue weighted by Gasteiger charge is -2.12. The van der Waals surface area contributed by atoms with Gasteiger partial charge in [-0.2, -0.15) is 18.2 Å². The van der Waals surface area contributed by atoms with E-state index in [0.29, 0.717) is 35.5 Å². The standard InChI is InChI=1S/C22H18F4N6O4.2ClH/c1-35-21(34)32-19-28-15-8-9-17(30-18(15)31-19)36-13-5-3-12(4-6-13)27-20(33)29-16-10-11(22(24,25)26)2-7-14(16)23;;/h2-10,19,28H,1H3,(H,30,31)(H,32,34)(H2,27,29,33);2*1H. The van der Waals surface area contributed by atoms with Crippen LogP contribution in [0, 0.1) is 5.82 Å². The van der Waals surface area contributed by atoms with Crippen LogP contribution in [0.3, 0.4) is 0 Å². The quantitative estimate of drug-likeness (QED) is 0.235. The van der Waals surface area contributed by atoms with Gasteiger partial charge in [-0.05, 0) is 48.5 Å². The van der Waals surface area contributed by atoms with Gasteiger partial charge in [0.25, 0.3) is 0 Å². The highest BCUT2D eigenvalue weighted by atomic mass is 35.5. The highest BCUT2D eigenvalue weighted by molar-refractivity contribution is 5.99. The number of benzene rings is 2. The molecule has 0 radical (unpaired) electrons. The van der Waals surface area contributed by atoms with E-state index in [0.717, 1.165) is 0 Å². The van der Waals surface area contributed by atoms with E-state index in [9.17, 15) is 27.2 Å². The van der Waals surface area contributed by atoms with E-state index in [1.54, 1.807) is 12.1 Å². The summed E-state index contributed by atoms with van der Waals surface area (Å²) in [5.41, 5.74) is -0.803. The van der Waals surface area contributed by atoms with E-state index in [4.69, 9.17) is 4.74 Å². The lowest BCUT2D eigenvalue weighted by atomic mass is 10.2. The van der Waals surface area contributed by atoms with Crippen molar-refractivity contribution >= 4 is 59.8 Å². The Morgan fingerprint density at radius 2 is 1.68 bits per heavy atom. The van der Waals surface area contributed by atoms with Crippen LogP contribution >= 0.6 is 24.8 Å². The Morgan fingerprint density at radius 1 is 0.974 bits per heavy atom. The average Bonchev–Trinajstić information content (AvgIpc) is 3.22. The Bertz CT molecular complexity index is 1300. The van der Waals surface area contributed by atoms with Crippen LogP contribution in [0.15, 0.2) is 54.6 Å². The van der Waals surface area contributed by atoms with Crippen molar-refractivity contribution in [1.82, 2.24) is 10.3 Å². The summed E-state index contributed by atoms with van der Waals surface area (Å²) >= 11 is 0. The van der Waals surface area contributed by atoms with Crippen molar-refractivity contribution in [1.29, 1.82) is 0 Å². The van der Waals surface area contributed by atoms with Crippen molar-refractivity contribution in [2.24, 2.45) is 0 Å². The fourth-order valence-electron chi connectivity index (χ4n) is 3.11. The maximum atomic E-state index is 13.8. The number of methoxy groups -OCH3 is 1. The molecule has 0 aliphatic carbocycles. The minimum atomic E-state index is -4.68. The number of amides is 3. The Labute approximate surface area is 225 Å². The second kappa shape index (κ2) is 12.4. The number of carbonyl (C=O) groups is 2.